The lowest BCUT2D eigenvalue weighted by atomic mass is 10.1. The van der Waals surface area contributed by atoms with Gasteiger partial charge in [-0.05, 0) is 25.0 Å². The summed E-state index contributed by atoms with van der Waals surface area (Å²) in [6.07, 6.45) is 0. The lowest BCUT2D eigenvalue weighted by Crippen LogP contribution is -2.50. The number of nitrogens with zero attached hydrogens (tertiary/aromatic N) is 4. The number of guanidine groups is 2. The first-order chi connectivity index (χ1) is 18.3. The lowest BCUT2D eigenvalue weighted by Gasteiger charge is -2.34. The van der Waals surface area contributed by atoms with Crippen molar-refractivity contribution in [1.29, 1.82) is 10.8 Å². The van der Waals surface area contributed by atoms with E-state index in [9.17, 15) is 0 Å². The molecular formula is C26H40N8O4S-2. The molecule has 4 rings (SSSR count). The minimum absolute atomic E-state index is 0.195. The van der Waals surface area contributed by atoms with Crippen molar-refractivity contribution in [3.05, 3.63) is 70.8 Å². The summed E-state index contributed by atoms with van der Waals surface area (Å²) in [5.74, 6) is 0.389. The highest BCUT2D eigenvalue weighted by atomic mass is 32.3. The number of nitrogens with two attached hydrogens (primary N) is 2. The van der Waals surface area contributed by atoms with E-state index in [2.05, 4.69) is 72.2 Å². The van der Waals surface area contributed by atoms with Gasteiger partial charge in [0.1, 0.15) is 0 Å². The van der Waals surface area contributed by atoms with Crippen LogP contribution in [0.4, 0.5) is 0 Å². The fourth-order valence-electron chi connectivity index (χ4n) is 4.43. The summed E-state index contributed by atoms with van der Waals surface area (Å²) in [6.45, 7) is 13.6. The van der Waals surface area contributed by atoms with Gasteiger partial charge in [-0.15, -0.1) is 0 Å². The van der Waals surface area contributed by atoms with Crippen molar-refractivity contribution < 1.29 is 17.5 Å². The Bertz CT molecular complexity index is 1090. The van der Waals surface area contributed by atoms with Crippen LogP contribution in [0.25, 0.3) is 0 Å². The first-order valence-corrected chi connectivity index (χ1v) is 14.0. The van der Waals surface area contributed by atoms with Crippen molar-refractivity contribution in [3.8, 4) is 0 Å². The second-order valence-electron chi connectivity index (χ2n) is 9.68. The number of hydrogen-bond donors (Lipinski definition) is 4. The molecule has 2 saturated heterocycles. The van der Waals surface area contributed by atoms with Gasteiger partial charge in [-0.3, -0.25) is 29.0 Å². The molecule has 13 heteroatoms. The highest BCUT2D eigenvalue weighted by molar-refractivity contribution is 7.79. The first kappa shape index (κ1) is 32.0. The van der Waals surface area contributed by atoms with Crippen LogP contribution in [0.1, 0.15) is 22.3 Å². The Labute approximate surface area is 231 Å². The maximum atomic E-state index is 8.52. The van der Waals surface area contributed by atoms with Crippen LogP contribution in [0.2, 0.25) is 0 Å². The van der Waals surface area contributed by atoms with Crippen LogP contribution in [-0.4, -0.2) is 101 Å². The lowest BCUT2D eigenvalue weighted by molar-refractivity contribution is 0.174. The van der Waals surface area contributed by atoms with Gasteiger partial charge >= 0.3 is 0 Å². The van der Waals surface area contributed by atoms with E-state index in [0.717, 1.165) is 65.4 Å². The van der Waals surface area contributed by atoms with E-state index in [0.29, 0.717) is 0 Å². The molecule has 0 aliphatic carbocycles. The first-order valence-electron chi connectivity index (χ1n) is 12.7. The Morgan fingerprint density at radius 3 is 1.28 bits per heavy atom. The third-order valence-corrected chi connectivity index (χ3v) is 6.40. The number of piperazine rings is 2. The third-order valence-electron chi connectivity index (χ3n) is 6.40. The van der Waals surface area contributed by atoms with Crippen molar-refractivity contribution in [2.75, 3.05) is 52.4 Å². The van der Waals surface area contributed by atoms with E-state index in [4.69, 9.17) is 39.8 Å². The molecule has 0 spiro atoms. The van der Waals surface area contributed by atoms with E-state index in [1.165, 1.54) is 22.3 Å². The van der Waals surface area contributed by atoms with Gasteiger partial charge in [0.2, 0.25) is 0 Å². The van der Waals surface area contributed by atoms with Crippen LogP contribution in [0, 0.1) is 24.7 Å². The van der Waals surface area contributed by atoms with E-state index in [1.807, 2.05) is 9.80 Å². The van der Waals surface area contributed by atoms with Crippen LogP contribution in [0.5, 0.6) is 0 Å². The Morgan fingerprint density at radius 1 is 0.718 bits per heavy atom. The van der Waals surface area contributed by atoms with Gasteiger partial charge in [0.05, 0.1) is 0 Å². The minimum Gasteiger partial charge on any atom is -0.759 e. The fourth-order valence-corrected chi connectivity index (χ4v) is 4.43. The predicted molar refractivity (Wildman–Crippen MR) is 150 cm³/mol. The monoisotopic (exact) mass is 560 g/mol. The number of rotatable bonds is 4. The fraction of sp³-hybridized carbons (Fsp3) is 0.462. The highest BCUT2D eigenvalue weighted by Gasteiger charge is 2.18. The van der Waals surface area contributed by atoms with Crippen molar-refractivity contribution >= 4 is 22.3 Å². The molecule has 0 amide bonds. The molecule has 0 aromatic heterocycles. The second kappa shape index (κ2) is 15.4. The zero-order valence-electron chi connectivity index (χ0n) is 22.7. The number of benzene rings is 2. The molecule has 6 N–H and O–H groups in total. The molecule has 2 fully saturated rings. The summed E-state index contributed by atoms with van der Waals surface area (Å²) in [6, 6.07) is 17.3. The van der Waals surface area contributed by atoms with Gasteiger partial charge in [-0.1, -0.05) is 59.7 Å². The van der Waals surface area contributed by atoms with Crippen molar-refractivity contribution in [1.82, 2.24) is 19.6 Å². The van der Waals surface area contributed by atoms with Gasteiger partial charge in [0, 0.05) is 75.8 Å². The van der Waals surface area contributed by atoms with Gasteiger partial charge in [-0.25, -0.2) is 0 Å². The molecule has 216 valence electrons. The Kier molecular flexibility index (Phi) is 12.6. The van der Waals surface area contributed by atoms with Gasteiger partial charge in [-0.2, -0.15) is 0 Å². The Hall–Kier alpha value is -3.23. The quantitative estimate of drug-likeness (QED) is 0.179. The third kappa shape index (κ3) is 13.4. The summed E-state index contributed by atoms with van der Waals surface area (Å²) in [5, 5.41) is 14.8. The molecule has 2 heterocycles. The summed E-state index contributed by atoms with van der Waals surface area (Å²) < 4.78 is 34.1. The summed E-state index contributed by atoms with van der Waals surface area (Å²) in [5.41, 5.74) is 16.3. The van der Waals surface area contributed by atoms with E-state index in [1.54, 1.807) is 0 Å². The molecule has 12 nitrogen and oxygen atoms in total. The standard InChI is InChI=1S/2C13H20N4.H2O4S/c2*1-11-3-2-4-12(9-11)10-16-5-7-17(8-6-16)13(14)15;1-5(2,3)4/h2*2-4,9H,5-8,10H2,1H3,(H3,14,15);(H2,1,2,3,4)/p-2. The largest absolute Gasteiger partial charge is 0.759 e. The van der Waals surface area contributed by atoms with Gasteiger partial charge < -0.3 is 30.4 Å². The molecule has 0 bridgehead atoms. The maximum absolute atomic E-state index is 8.52. The molecule has 2 aromatic rings. The zero-order valence-corrected chi connectivity index (χ0v) is 23.5. The maximum Gasteiger partial charge on any atom is 0.188 e. The zero-order chi connectivity index (χ0) is 29.0. The molecule has 0 unspecified atom stereocenters. The summed E-state index contributed by atoms with van der Waals surface area (Å²) >= 11 is 0. The van der Waals surface area contributed by atoms with E-state index in [-0.39, 0.29) is 11.9 Å². The van der Waals surface area contributed by atoms with E-state index < -0.39 is 10.4 Å². The van der Waals surface area contributed by atoms with Gasteiger partial charge in [0.25, 0.3) is 0 Å². The SMILES string of the molecule is Cc1cccc(CN2CCN(C(=N)N)CC2)c1.Cc1cccc(CN2CCN(C(=N)N)CC2)c1.O=S(=O)([O-])[O-]. The smallest absolute Gasteiger partial charge is 0.188 e. The Balaban J connectivity index is 0.000000234. The van der Waals surface area contributed by atoms with Crippen molar-refractivity contribution in [2.24, 2.45) is 11.5 Å². The molecule has 2 aromatic carbocycles. The van der Waals surface area contributed by atoms with Crippen molar-refractivity contribution in [3.63, 3.8) is 0 Å². The van der Waals surface area contributed by atoms with Gasteiger partial charge in [0.15, 0.2) is 11.9 Å². The van der Waals surface area contributed by atoms with Crippen LogP contribution in [-0.2, 0) is 23.5 Å². The van der Waals surface area contributed by atoms with Crippen LogP contribution >= 0.6 is 0 Å². The van der Waals surface area contributed by atoms with E-state index >= 15 is 0 Å². The molecule has 0 atom stereocenters. The van der Waals surface area contributed by atoms with Crippen molar-refractivity contribution in [2.45, 2.75) is 26.9 Å². The normalized spacial score (nSPS) is 16.4. The van der Waals surface area contributed by atoms with Crippen LogP contribution < -0.4 is 11.5 Å². The summed E-state index contributed by atoms with van der Waals surface area (Å²) in [4.78, 5) is 8.67. The molecule has 0 saturated carbocycles. The number of hydrogen-bond acceptors (Lipinski definition) is 8. The number of aryl methyl sites for hydroxylation is 2. The highest BCUT2D eigenvalue weighted by Crippen LogP contribution is 2.11. The topological polar surface area (TPSA) is 193 Å². The minimum atomic E-state index is -5.17. The molecule has 0 radical (unpaired) electrons. The molecule has 2 aliphatic heterocycles. The average molecular weight is 561 g/mol. The second-order valence-corrected chi connectivity index (χ2v) is 10.5. The Morgan fingerprint density at radius 2 is 1.03 bits per heavy atom. The average Bonchev–Trinajstić information content (AvgIpc) is 2.84. The number of nitrogens with one attached hydrogen (secondary N) is 2. The molecule has 2 aliphatic rings. The van der Waals surface area contributed by atoms with Crippen LogP contribution in [0.3, 0.4) is 0 Å². The molecule has 39 heavy (non-hydrogen) atoms. The summed E-state index contributed by atoms with van der Waals surface area (Å²) in [7, 11) is -5.17. The predicted octanol–water partition coefficient (Wildman–Crippen LogP) is 0.674. The molecular weight excluding hydrogens is 520 g/mol. The van der Waals surface area contributed by atoms with Crippen LogP contribution in [0.15, 0.2) is 48.5 Å².